The highest BCUT2D eigenvalue weighted by atomic mass is 16.5. The molecule has 0 atom stereocenters. The molecule has 0 aliphatic heterocycles. The summed E-state index contributed by atoms with van der Waals surface area (Å²) < 4.78 is 10.8. The number of amides is 1. The first-order chi connectivity index (χ1) is 12.5. The molecule has 0 spiro atoms. The SMILES string of the molecule is CCOc1cc(CCCNC(=O)c2cccc(C(=O)O)c2)ccc1OC. The van der Waals surface area contributed by atoms with Crippen molar-refractivity contribution in [3.05, 3.63) is 59.2 Å². The number of carbonyl (C=O) groups is 2. The standard InChI is InChI=1S/C20H23NO5/c1-3-26-18-12-14(9-10-17(18)25-2)6-5-11-21-19(22)15-7-4-8-16(13-15)20(23)24/h4,7-10,12-13H,3,5-6,11H2,1-2H3,(H,21,22)(H,23,24). The van der Waals surface area contributed by atoms with Gasteiger partial charge in [0, 0.05) is 12.1 Å². The van der Waals surface area contributed by atoms with Crippen molar-refractivity contribution in [2.75, 3.05) is 20.3 Å². The van der Waals surface area contributed by atoms with Gasteiger partial charge in [-0.1, -0.05) is 12.1 Å². The Balaban J connectivity index is 1.86. The smallest absolute Gasteiger partial charge is 0.335 e. The summed E-state index contributed by atoms with van der Waals surface area (Å²) in [4.78, 5) is 23.1. The quantitative estimate of drug-likeness (QED) is 0.674. The van der Waals surface area contributed by atoms with E-state index < -0.39 is 5.97 Å². The van der Waals surface area contributed by atoms with Gasteiger partial charge in [0.05, 0.1) is 19.3 Å². The number of rotatable bonds is 9. The first kappa shape index (κ1) is 19.3. The van der Waals surface area contributed by atoms with Gasteiger partial charge in [0.2, 0.25) is 0 Å². The summed E-state index contributed by atoms with van der Waals surface area (Å²) in [6.07, 6.45) is 1.53. The van der Waals surface area contributed by atoms with Crippen LogP contribution in [0.25, 0.3) is 0 Å². The molecule has 138 valence electrons. The molecule has 6 nitrogen and oxygen atoms in total. The number of aromatic carboxylic acids is 1. The fourth-order valence-corrected chi connectivity index (χ4v) is 2.53. The van der Waals surface area contributed by atoms with Gasteiger partial charge in [-0.2, -0.15) is 0 Å². The van der Waals surface area contributed by atoms with Crippen LogP contribution in [0.2, 0.25) is 0 Å². The molecule has 0 unspecified atom stereocenters. The zero-order valence-electron chi connectivity index (χ0n) is 15.0. The van der Waals surface area contributed by atoms with Crippen LogP contribution < -0.4 is 14.8 Å². The lowest BCUT2D eigenvalue weighted by Crippen LogP contribution is -2.25. The molecule has 0 saturated heterocycles. The van der Waals surface area contributed by atoms with E-state index in [9.17, 15) is 9.59 Å². The highest BCUT2D eigenvalue weighted by Crippen LogP contribution is 2.28. The number of aryl methyl sites for hydroxylation is 1. The number of hydrogen-bond donors (Lipinski definition) is 2. The maximum absolute atomic E-state index is 12.1. The fourth-order valence-electron chi connectivity index (χ4n) is 2.53. The predicted molar refractivity (Wildman–Crippen MR) is 98.2 cm³/mol. The largest absolute Gasteiger partial charge is 0.493 e. The molecule has 0 aromatic heterocycles. The van der Waals surface area contributed by atoms with Crippen LogP contribution in [0.4, 0.5) is 0 Å². The average Bonchev–Trinajstić information content (AvgIpc) is 2.65. The second kappa shape index (κ2) is 9.46. The number of ether oxygens (including phenoxy) is 2. The molecule has 0 fully saturated rings. The van der Waals surface area contributed by atoms with Gasteiger partial charge in [-0.15, -0.1) is 0 Å². The molecular formula is C20H23NO5. The van der Waals surface area contributed by atoms with Gasteiger partial charge in [-0.3, -0.25) is 4.79 Å². The van der Waals surface area contributed by atoms with Crippen molar-refractivity contribution < 1.29 is 24.2 Å². The third-order valence-corrected chi connectivity index (χ3v) is 3.83. The predicted octanol–water partition coefficient (Wildman–Crippen LogP) is 3.15. The molecule has 0 bridgehead atoms. The Bertz CT molecular complexity index is 773. The summed E-state index contributed by atoms with van der Waals surface area (Å²) >= 11 is 0. The number of methoxy groups -OCH3 is 1. The monoisotopic (exact) mass is 357 g/mol. The summed E-state index contributed by atoms with van der Waals surface area (Å²) in [5.74, 6) is 0.0753. The first-order valence-corrected chi connectivity index (χ1v) is 8.46. The van der Waals surface area contributed by atoms with Crippen LogP contribution in [0, 0.1) is 0 Å². The van der Waals surface area contributed by atoms with Crippen molar-refractivity contribution in [3.8, 4) is 11.5 Å². The second-order valence-corrected chi connectivity index (χ2v) is 5.66. The van der Waals surface area contributed by atoms with Crippen molar-refractivity contribution in [2.45, 2.75) is 19.8 Å². The number of carboxylic acids is 1. The summed E-state index contributed by atoms with van der Waals surface area (Å²) in [5, 5.41) is 11.8. The van der Waals surface area contributed by atoms with Gasteiger partial charge in [0.25, 0.3) is 5.91 Å². The van der Waals surface area contributed by atoms with E-state index in [4.69, 9.17) is 14.6 Å². The third-order valence-electron chi connectivity index (χ3n) is 3.83. The number of hydrogen-bond acceptors (Lipinski definition) is 4. The van der Waals surface area contributed by atoms with Crippen LogP contribution in [0.3, 0.4) is 0 Å². The molecule has 6 heteroatoms. The Morgan fingerprint density at radius 2 is 1.85 bits per heavy atom. The fraction of sp³-hybridized carbons (Fsp3) is 0.300. The molecule has 26 heavy (non-hydrogen) atoms. The van der Waals surface area contributed by atoms with E-state index in [1.165, 1.54) is 12.1 Å². The van der Waals surface area contributed by atoms with E-state index in [1.54, 1.807) is 19.2 Å². The highest BCUT2D eigenvalue weighted by molar-refractivity contribution is 5.97. The Morgan fingerprint density at radius 1 is 1.08 bits per heavy atom. The molecule has 2 N–H and O–H groups in total. The Labute approximate surface area is 152 Å². The summed E-state index contributed by atoms with van der Waals surface area (Å²) in [7, 11) is 1.60. The molecule has 0 heterocycles. The summed E-state index contributed by atoms with van der Waals surface area (Å²) in [6.45, 7) is 2.97. The second-order valence-electron chi connectivity index (χ2n) is 5.66. The van der Waals surface area contributed by atoms with Gasteiger partial charge in [-0.05, 0) is 55.7 Å². The van der Waals surface area contributed by atoms with E-state index in [2.05, 4.69) is 5.32 Å². The lowest BCUT2D eigenvalue weighted by molar-refractivity contribution is 0.0697. The molecule has 1 amide bonds. The van der Waals surface area contributed by atoms with Crippen molar-refractivity contribution >= 4 is 11.9 Å². The van der Waals surface area contributed by atoms with Crippen LogP contribution in [0.1, 0.15) is 39.6 Å². The minimum absolute atomic E-state index is 0.0966. The topological polar surface area (TPSA) is 84.9 Å². The van der Waals surface area contributed by atoms with Gasteiger partial charge in [0.1, 0.15) is 0 Å². The van der Waals surface area contributed by atoms with Crippen LogP contribution in [-0.4, -0.2) is 37.2 Å². The maximum Gasteiger partial charge on any atom is 0.335 e. The normalized spacial score (nSPS) is 10.2. The molecule has 0 radical (unpaired) electrons. The Kier molecular flexibility index (Phi) is 7.02. The summed E-state index contributed by atoms with van der Waals surface area (Å²) in [5.41, 5.74) is 1.53. The van der Waals surface area contributed by atoms with Gasteiger partial charge in [-0.25, -0.2) is 4.79 Å². The number of carboxylic acid groups (broad SMARTS) is 1. The molecule has 2 aromatic rings. The average molecular weight is 357 g/mol. The minimum atomic E-state index is -1.05. The Morgan fingerprint density at radius 3 is 2.54 bits per heavy atom. The molecule has 0 aliphatic carbocycles. The maximum atomic E-state index is 12.1. The van der Waals surface area contributed by atoms with Crippen LogP contribution in [-0.2, 0) is 6.42 Å². The van der Waals surface area contributed by atoms with E-state index in [-0.39, 0.29) is 11.5 Å². The molecular weight excluding hydrogens is 334 g/mol. The van der Waals surface area contributed by atoms with E-state index in [0.717, 1.165) is 18.4 Å². The molecule has 2 aromatic carbocycles. The van der Waals surface area contributed by atoms with Gasteiger partial charge < -0.3 is 19.9 Å². The number of nitrogens with one attached hydrogen (secondary N) is 1. The van der Waals surface area contributed by atoms with Crippen molar-refractivity contribution in [3.63, 3.8) is 0 Å². The summed E-state index contributed by atoms with van der Waals surface area (Å²) in [6, 6.07) is 11.8. The number of carbonyl (C=O) groups excluding carboxylic acids is 1. The zero-order valence-corrected chi connectivity index (χ0v) is 15.0. The van der Waals surface area contributed by atoms with E-state index in [1.807, 2.05) is 25.1 Å². The van der Waals surface area contributed by atoms with Crippen molar-refractivity contribution in [2.24, 2.45) is 0 Å². The lowest BCUT2D eigenvalue weighted by atomic mass is 10.1. The first-order valence-electron chi connectivity index (χ1n) is 8.46. The minimum Gasteiger partial charge on any atom is -0.493 e. The van der Waals surface area contributed by atoms with Gasteiger partial charge in [0.15, 0.2) is 11.5 Å². The van der Waals surface area contributed by atoms with Crippen molar-refractivity contribution in [1.29, 1.82) is 0 Å². The van der Waals surface area contributed by atoms with E-state index >= 15 is 0 Å². The highest BCUT2D eigenvalue weighted by Gasteiger charge is 2.09. The lowest BCUT2D eigenvalue weighted by Gasteiger charge is -2.11. The molecule has 0 aliphatic rings. The van der Waals surface area contributed by atoms with Crippen molar-refractivity contribution in [1.82, 2.24) is 5.32 Å². The van der Waals surface area contributed by atoms with E-state index in [0.29, 0.717) is 30.2 Å². The molecule has 0 saturated carbocycles. The number of benzene rings is 2. The molecule has 2 rings (SSSR count). The van der Waals surface area contributed by atoms with Crippen LogP contribution >= 0.6 is 0 Å². The zero-order chi connectivity index (χ0) is 18.9. The van der Waals surface area contributed by atoms with Crippen LogP contribution in [0.15, 0.2) is 42.5 Å². The van der Waals surface area contributed by atoms with Gasteiger partial charge >= 0.3 is 5.97 Å². The van der Waals surface area contributed by atoms with Crippen LogP contribution in [0.5, 0.6) is 11.5 Å². The third kappa shape index (κ3) is 5.24. The Hall–Kier alpha value is -3.02.